The number of allylic oxidation sites excluding steroid dienone is 2. The van der Waals surface area contributed by atoms with Crippen LogP contribution in [0.5, 0.6) is 0 Å². The van der Waals surface area contributed by atoms with Gasteiger partial charge in [-0.15, -0.1) is 0 Å². The maximum atomic E-state index is 12.3. The number of carbonyl (C=O) groups is 1. The molecule has 112 valence electrons. The number of carbonyl (C=O) groups excluding carboxylic acids is 1. The quantitative estimate of drug-likeness (QED) is 0.831. The Morgan fingerprint density at radius 1 is 1.19 bits per heavy atom. The first-order chi connectivity index (χ1) is 10.2. The van der Waals surface area contributed by atoms with E-state index in [-0.39, 0.29) is 17.9 Å². The summed E-state index contributed by atoms with van der Waals surface area (Å²) in [5.41, 5.74) is 4.23. The number of benzene rings is 1. The lowest BCUT2D eigenvalue weighted by Crippen LogP contribution is -2.33. The zero-order valence-electron chi connectivity index (χ0n) is 12.9. The monoisotopic (exact) mass is 283 g/mol. The van der Waals surface area contributed by atoms with Gasteiger partial charge in [0.05, 0.1) is 6.04 Å². The van der Waals surface area contributed by atoms with E-state index in [2.05, 4.69) is 42.6 Å². The maximum absolute atomic E-state index is 12.3. The van der Waals surface area contributed by atoms with Crippen molar-refractivity contribution in [3.05, 3.63) is 47.0 Å². The lowest BCUT2D eigenvalue weighted by molar-refractivity contribution is -0.125. The molecule has 2 atom stereocenters. The summed E-state index contributed by atoms with van der Waals surface area (Å²) >= 11 is 0. The number of hydrogen-bond acceptors (Lipinski definition) is 1. The Morgan fingerprint density at radius 2 is 2.00 bits per heavy atom. The van der Waals surface area contributed by atoms with Gasteiger partial charge in [-0.3, -0.25) is 4.79 Å². The second-order valence-electron chi connectivity index (χ2n) is 6.45. The molecule has 1 aromatic rings. The third-order valence-corrected chi connectivity index (χ3v) is 4.87. The lowest BCUT2D eigenvalue weighted by Gasteiger charge is -2.23. The van der Waals surface area contributed by atoms with Gasteiger partial charge < -0.3 is 5.32 Å². The van der Waals surface area contributed by atoms with Crippen LogP contribution in [-0.4, -0.2) is 5.91 Å². The SMILES string of the molecule is CC(NC(=O)C1CC=CCC1)c1ccc2c(c1)CCCC2. The summed E-state index contributed by atoms with van der Waals surface area (Å²) < 4.78 is 0. The minimum atomic E-state index is 0.107. The summed E-state index contributed by atoms with van der Waals surface area (Å²) in [4.78, 5) is 12.3. The molecule has 1 amide bonds. The largest absolute Gasteiger partial charge is 0.349 e. The molecule has 0 fully saturated rings. The summed E-state index contributed by atoms with van der Waals surface area (Å²) in [6.07, 6.45) is 12.2. The summed E-state index contributed by atoms with van der Waals surface area (Å²) in [5, 5.41) is 3.20. The molecule has 2 nitrogen and oxygen atoms in total. The highest BCUT2D eigenvalue weighted by atomic mass is 16.1. The van der Waals surface area contributed by atoms with Gasteiger partial charge in [-0.2, -0.15) is 0 Å². The van der Waals surface area contributed by atoms with Gasteiger partial charge in [0.1, 0.15) is 0 Å². The van der Waals surface area contributed by atoms with Crippen LogP contribution >= 0.6 is 0 Å². The molecule has 0 aliphatic heterocycles. The Labute approximate surface area is 127 Å². The molecular weight excluding hydrogens is 258 g/mol. The van der Waals surface area contributed by atoms with Gasteiger partial charge in [-0.05, 0) is 68.6 Å². The molecule has 0 bridgehead atoms. The molecule has 2 aliphatic rings. The van der Waals surface area contributed by atoms with Crippen LogP contribution in [0.2, 0.25) is 0 Å². The van der Waals surface area contributed by atoms with Crippen molar-refractivity contribution in [2.75, 3.05) is 0 Å². The van der Waals surface area contributed by atoms with E-state index in [1.807, 2.05) is 0 Å². The Morgan fingerprint density at radius 3 is 2.76 bits per heavy atom. The summed E-state index contributed by atoms with van der Waals surface area (Å²) in [6, 6.07) is 6.86. The van der Waals surface area contributed by atoms with Crippen LogP contribution in [0.1, 0.15) is 61.8 Å². The van der Waals surface area contributed by atoms with Crippen LogP contribution in [0.3, 0.4) is 0 Å². The number of rotatable bonds is 3. The lowest BCUT2D eigenvalue weighted by atomic mass is 9.89. The Bertz CT molecular complexity index is 546. The number of amides is 1. The van der Waals surface area contributed by atoms with Gasteiger partial charge >= 0.3 is 0 Å². The summed E-state index contributed by atoms with van der Waals surface area (Å²) in [7, 11) is 0. The van der Waals surface area contributed by atoms with Crippen molar-refractivity contribution in [3.63, 3.8) is 0 Å². The molecule has 0 heterocycles. The second kappa shape index (κ2) is 6.46. The van der Waals surface area contributed by atoms with E-state index in [0.29, 0.717) is 0 Å². The first kappa shape index (κ1) is 14.4. The van der Waals surface area contributed by atoms with E-state index in [4.69, 9.17) is 0 Å². The average Bonchev–Trinajstić information content (AvgIpc) is 2.55. The van der Waals surface area contributed by atoms with Crippen molar-refractivity contribution < 1.29 is 4.79 Å². The second-order valence-corrected chi connectivity index (χ2v) is 6.45. The molecule has 1 aromatic carbocycles. The minimum absolute atomic E-state index is 0.107. The smallest absolute Gasteiger partial charge is 0.223 e. The highest BCUT2D eigenvalue weighted by molar-refractivity contribution is 5.79. The minimum Gasteiger partial charge on any atom is -0.349 e. The van der Waals surface area contributed by atoms with E-state index in [1.165, 1.54) is 42.4 Å². The summed E-state index contributed by atoms with van der Waals surface area (Å²) in [5.74, 6) is 0.375. The molecule has 0 aromatic heterocycles. The zero-order chi connectivity index (χ0) is 14.7. The zero-order valence-corrected chi connectivity index (χ0v) is 12.9. The molecule has 0 spiro atoms. The van der Waals surface area contributed by atoms with Gasteiger partial charge in [0.25, 0.3) is 0 Å². The normalized spacial score (nSPS) is 22.4. The number of hydrogen-bond donors (Lipinski definition) is 1. The fourth-order valence-electron chi connectivity index (χ4n) is 3.47. The number of fused-ring (bicyclic) bond motifs is 1. The first-order valence-electron chi connectivity index (χ1n) is 8.31. The topological polar surface area (TPSA) is 29.1 Å². The highest BCUT2D eigenvalue weighted by Crippen LogP contribution is 2.25. The van der Waals surface area contributed by atoms with Gasteiger partial charge in [-0.25, -0.2) is 0 Å². The molecule has 0 saturated heterocycles. The molecule has 2 aliphatic carbocycles. The van der Waals surface area contributed by atoms with Crippen molar-refractivity contribution in [3.8, 4) is 0 Å². The van der Waals surface area contributed by atoms with Crippen LogP contribution in [0, 0.1) is 5.92 Å². The number of aryl methyl sites for hydroxylation is 2. The van der Waals surface area contributed by atoms with Crippen molar-refractivity contribution in [1.82, 2.24) is 5.32 Å². The van der Waals surface area contributed by atoms with Gasteiger partial charge in [0, 0.05) is 5.92 Å². The van der Waals surface area contributed by atoms with Crippen LogP contribution in [0.15, 0.2) is 30.4 Å². The molecule has 3 rings (SSSR count). The van der Waals surface area contributed by atoms with Crippen molar-refractivity contribution in [2.45, 2.75) is 57.9 Å². The standard InChI is InChI=1S/C19H25NO/c1-14(20-19(21)16-8-3-2-4-9-16)17-12-11-15-7-5-6-10-18(15)13-17/h2-3,11-14,16H,4-10H2,1H3,(H,20,21). The van der Waals surface area contributed by atoms with E-state index in [0.717, 1.165) is 19.3 Å². The summed E-state index contributed by atoms with van der Waals surface area (Å²) in [6.45, 7) is 2.10. The predicted molar refractivity (Wildman–Crippen MR) is 86.1 cm³/mol. The van der Waals surface area contributed by atoms with Crippen LogP contribution < -0.4 is 5.32 Å². The Kier molecular flexibility index (Phi) is 4.42. The fraction of sp³-hybridized carbons (Fsp3) is 0.526. The van der Waals surface area contributed by atoms with Gasteiger partial charge in [-0.1, -0.05) is 30.4 Å². The molecule has 1 N–H and O–H groups in total. The van der Waals surface area contributed by atoms with E-state index < -0.39 is 0 Å². The van der Waals surface area contributed by atoms with Crippen LogP contribution in [0.4, 0.5) is 0 Å². The van der Waals surface area contributed by atoms with Crippen LogP contribution in [0.25, 0.3) is 0 Å². The van der Waals surface area contributed by atoms with E-state index >= 15 is 0 Å². The first-order valence-corrected chi connectivity index (χ1v) is 8.31. The van der Waals surface area contributed by atoms with Gasteiger partial charge in [0.15, 0.2) is 0 Å². The van der Waals surface area contributed by atoms with Gasteiger partial charge in [0.2, 0.25) is 5.91 Å². The van der Waals surface area contributed by atoms with E-state index in [1.54, 1.807) is 0 Å². The fourth-order valence-corrected chi connectivity index (χ4v) is 3.47. The predicted octanol–water partition coefficient (Wildman–Crippen LogP) is 4.10. The molecule has 2 unspecified atom stereocenters. The third kappa shape index (κ3) is 3.37. The van der Waals surface area contributed by atoms with Crippen molar-refractivity contribution >= 4 is 5.91 Å². The maximum Gasteiger partial charge on any atom is 0.223 e. The third-order valence-electron chi connectivity index (χ3n) is 4.87. The van der Waals surface area contributed by atoms with Crippen molar-refractivity contribution in [1.29, 1.82) is 0 Å². The Balaban J connectivity index is 1.66. The molecule has 0 radical (unpaired) electrons. The molecular formula is C19H25NO. The molecule has 0 saturated carbocycles. The van der Waals surface area contributed by atoms with Crippen LogP contribution in [-0.2, 0) is 17.6 Å². The Hall–Kier alpha value is -1.57. The number of nitrogens with one attached hydrogen (secondary N) is 1. The highest BCUT2D eigenvalue weighted by Gasteiger charge is 2.21. The molecule has 2 heteroatoms. The molecule has 21 heavy (non-hydrogen) atoms. The van der Waals surface area contributed by atoms with Crippen molar-refractivity contribution in [2.24, 2.45) is 5.92 Å². The van der Waals surface area contributed by atoms with E-state index in [9.17, 15) is 4.79 Å². The average molecular weight is 283 g/mol.